The number of carbonyl (C=O) groups excluding carboxylic acids is 1. The predicted octanol–water partition coefficient (Wildman–Crippen LogP) is 3.27. The van der Waals surface area contributed by atoms with Gasteiger partial charge in [-0.2, -0.15) is 24.4 Å². The van der Waals surface area contributed by atoms with Crippen LogP contribution >= 0.6 is 24.4 Å². The van der Waals surface area contributed by atoms with Crippen LogP contribution in [0.1, 0.15) is 6.42 Å². The zero-order chi connectivity index (χ0) is 25.2. The van der Waals surface area contributed by atoms with Crippen molar-refractivity contribution in [3.8, 4) is 17.1 Å². The van der Waals surface area contributed by atoms with Crippen molar-refractivity contribution >= 4 is 52.7 Å². The average molecular weight is 515 g/mol. The first kappa shape index (κ1) is 26.7. The Morgan fingerprint density at radius 2 is 1.94 bits per heavy atom. The third-order valence-electron chi connectivity index (χ3n) is 5.28. The Morgan fingerprint density at radius 1 is 1.17 bits per heavy atom. The van der Waals surface area contributed by atoms with E-state index in [0.717, 1.165) is 16.3 Å². The van der Waals surface area contributed by atoms with E-state index in [1.807, 2.05) is 60.9 Å². The minimum atomic E-state index is -1.08. The van der Waals surface area contributed by atoms with Crippen molar-refractivity contribution in [2.24, 2.45) is 5.73 Å². The Bertz CT molecular complexity index is 1160. The Kier molecular flexibility index (Phi) is 10.1. The summed E-state index contributed by atoms with van der Waals surface area (Å²) < 4.78 is 5.76. The summed E-state index contributed by atoms with van der Waals surface area (Å²) in [4.78, 5) is 28.5. The van der Waals surface area contributed by atoms with Crippen molar-refractivity contribution in [1.29, 1.82) is 0 Å². The lowest BCUT2D eigenvalue weighted by molar-refractivity contribution is -0.142. The summed E-state index contributed by atoms with van der Waals surface area (Å²) in [6, 6.07) is 16.6. The molecule has 0 radical (unpaired) electrons. The highest BCUT2D eigenvalue weighted by atomic mass is 32.2. The third kappa shape index (κ3) is 7.78. The van der Waals surface area contributed by atoms with Crippen LogP contribution in [0.15, 0.2) is 54.6 Å². The maximum atomic E-state index is 12.4. The number of anilines is 1. The first-order valence-corrected chi connectivity index (χ1v) is 13.2. The van der Waals surface area contributed by atoms with Crippen molar-refractivity contribution < 1.29 is 19.4 Å². The van der Waals surface area contributed by atoms with Crippen molar-refractivity contribution in [3.63, 3.8) is 0 Å². The highest BCUT2D eigenvalue weighted by Gasteiger charge is 2.20. The zero-order valence-electron chi connectivity index (χ0n) is 19.4. The number of rotatable bonds is 13. The SMILES string of the molecule is CSCCC(NC(=O)COc1nc(-c2ccc3ccccc3c2)ccc1NCC(N)CS)C(=O)O. The number of thioether (sulfide) groups is 1. The molecule has 8 nitrogen and oxygen atoms in total. The van der Waals surface area contributed by atoms with Crippen molar-refractivity contribution in [1.82, 2.24) is 10.3 Å². The van der Waals surface area contributed by atoms with E-state index in [0.29, 0.717) is 35.9 Å². The monoisotopic (exact) mass is 514 g/mol. The molecule has 35 heavy (non-hydrogen) atoms. The van der Waals surface area contributed by atoms with Gasteiger partial charge in [0.05, 0.1) is 11.4 Å². The second-order valence-electron chi connectivity index (χ2n) is 7.96. The van der Waals surface area contributed by atoms with Gasteiger partial charge in [-0.3, -0.25) is 4.79 Å². The van der Waals surface area contributed by atoms with Gasteiger partial charge < -0.3 is 26.2 Å². The summed E-state index contributed by atoms with van der Waals surface area (Å²) in [6.07, 6.45) is 2.21. The molecule has 3 aromatic rings. The normalized spacial score (nSPS) is 12.7. The molecule has 1 amide bonds. The third-order valence-corrected chi connectivity index (χ3v) is 6.39. The number of fused-ring (bicyclic) bond motifs is 1. The fourth-order valence-electron chi connectivity index (χ4n) is 3.36. The van der Waals surface area contributed by atoms with Gasteiger partial charge in [0.1, 0.15) is 6.04 Å². The van der Waals surface area contributed by atoms with Gasteiger partial charge in [0, 0.05) is 23.9 Å². The smallest absolute Gasteiger partial charge is 0.326 e. The molecule has 0 aliphatic heterocycles. The lowest BCUT2D eigenvalue weighted by Gasteiger charge is -2.17. The highest BCUT2D eigenvalue weighted by Crippen LogP contribution is 2.29. The summed E-state index contributed by atoms with van der Waals surface area (Å²) in [7, 11) is 0. The number of benzene rings is 2. The number of carboxylic acids is 1. The summed E-state index contributed by atoms with van der Waals surface area (Å²) in [5, 5.41) is 17.3. The van der Waals surface area contributed by atoms with E-state index in [-0.39, 0.29) is 18.5 Å². The lowest BCUT2D eigenvalue weighted by atomic mass is 10.0. The Hall–Kier alpha value is -2.95. The van der Waals surface area contributed by atoms with Gasteiger partial charge in [-0.15, -0.1) is 0 Å². The zero-order valence-corrected chi connectivity index (χ0v) is 21.1. The van der Waals surface area contributed by atoms with Gasteiger partial charge in [0.25, 0.3) is 5.91 Å². The molecular weight excluding hydrogens is 484 g/mol. The molecule has 0 aliphatic rings. The van der Waals surface area contributed by atoms with E-state index in [2.05, 4.69) is 28.2 Å². The van der Waals surface area contributed by atoms with Crippen molar-refractivity contribution in [2.45, 2.75) is 18.5 Å². The molecule has 10 heteroatoms. The average Bonchev–Trinajstić information content (AvgIpc) is 2.88. The molecule has 2 atom stereocenters. The van der Waals surface area contributed by atoms with Gasteiger partial charge in [-0.1, -0.05) is 36.4 Å². The van der Waals surface area contributed by atoms with E-state index in [9.17, 15) is 14.7 Å². The molecule has 2 unspecified atom stereocenters. The first-order valence-electron chi connectivity index (χ1n) is 11.2. The highest BCUT2D eigenvalue weighted by molar-refractivity contribution is 7.98. The molecule has 0 saturated heterocycles. The lowest BCUT2D eigenvalue weighted by Crippen LogP contribution is -2.43. The maximum absolute atomic E-state index is 12.4. The number of pyridine rings is 1. The molecule has 0 bridgehead atoms. The number of hydrogen-bond donors (Lipinski definition) is 5. The van der Waals surface area contributed by atoms with Crippen LogP contribution in [-0.2, 0) is 9.59 Å². The van der Waals surface area contributed by atoms with E-state index < -0.39 is 17.9 Å². The molecule has 2 aromatic carbocycles. The largest absolute Gasteiger partial charge is 0.480 e. The van der Waals surface area contributed by atoms with Crippen LogP contribution in [0.4, 0.5) is 5.69 Å². The minimum absolute atomic E-state index is 0.178. The number of nitrogens with two attached hydrogens (primary N) is 1. The maximum Gasteiger partial charge on any atom is 0.326 e. The standard InChI is InChI=1S/C25H30N4O4S2/c1-35-11-10-22(25(31)32)28-23(30)14-33-24-21(27-13-19(26)15-34)9-8-20(29-24)18-7-6-16-4-2-3-5-17(16)12-18/h2-9,12,19,22,27,34H,10-11,13-15,26H2,1H3,(H,28,30)(H,31,32). The van der Waals surface area contributed by atoms with Crippen LogP contribution in [-0.4, -0.2) is 65.0 Å². The molecule has 3 rings (SSSR count). The predicted molar refractivity (Wildman–Crippen MR) is 146 cm³/mol. The molecule has 0 aliphatic carbocycles. The topological polar surface area (TPSA) is 127 Å². The first-order chi connectivity index (χ1) is 16.9. The molecule has 186 valence electrons. The fraction of sp³-hybridized carbons (Fsp3) is 0.320. The van der Waals surface area contributed by atoms with Crippen molar-refractivity contribution in [3.05, 3.63) is 54.6 Å². The number of ether oxygens (including phenoxy) is 1. The number of aromatic nitrogens is 1. The molecular formula is C25H30N4O4S2. The number of hydrogen-bond acceptors (Lipinski definition) is 8. The van der Waals surface area contributed by atoms with E-state index in [4.69, 9.17) is 10.5 Å². The molecule has 1 heterocycles. The van der Waals surface area contributed by atoms with Gasteiger partial charge in [0.2, 0.25) is 5.88 Å². The summed E-state index contributed by atoms with van der Waals surface area (Å²) >= 11 is 5.72. The number of carbonyl (C=O) groups is 2. The molecule has 5 N–H and O–H groups in total. The number of thiol groups is 1. The fourth-order valence-corrected chi connectivity index (χ4v) is 3.96. The number of nitrogens with zero attached hydrogens (tertiary/aromatic N) is 1. The molecule has 0 saturated carbocycles. The Labute approximate surface area is 214 Å². The van der Waals surface area contributed by atoms with E-state index in [1.54, 1.807) is 0 Å². The van der Waals surface area contributed by atoms with Gasteiger partial charge in [-0.25, -0.2) is 9.78 Å². The summed E-state index contributed by atoms with van der Waals surface area (Å²) in [5.74, 6) is -0.261. The quantitative estimate of drug-likeness (QED) is 0.220. The van der Waals surface area contributed by atoms with Crippen LogP contribution in [0.25, 0.3) is 22.0 Å². The Morgan fingerprint density at radius 3 is 2.66 bits per heavy atom. The van der Waals surface area contributed by atoms with Crippen LogP contribution < -0.4 is 21.1 Å². The van der Waals surface area contributed by atoms with E-state index in [1.165, 1.54) is 11.8 Å². The van der Waals surface area contributed by atoms with Crippen LogP contribution in [0, 0.1) is 0 Å². The number of aliphatic carboxylic acids is 1. The van der Waals surface area contributed by atoms with Crippen LogP contribution in [0.2, 0.25) is 0 Å². The molecule has 0 fully saturated rings. The van der Waals surface area contributed by atoms with Crippen LogP contribution in [0.3, 0.4) is 0 Å². The number of carboxylic acid groups (broad SMARTS) is 1. The minimum Gasteiger partial charge on any atom is -0.480 e. The second-order valence-corrected chi connectivity index (χ2v) is 9.31. The molecule has 1 aromatic heterocycles. The van der Waals surface area contributed by atoms with Gasteiger partial charge in [-0.05, 0) is 47.4 Å². The number of nitrogens with one attached hydrogen (secondary N) is 2. The summed E-state index contributed by atoms with van der Waals surface area (Å²) in [6.45, 7) is 0.0728. The van der Waals surface area contributed by atoms with Gasteiger partial charge >= 0.3 is 5.97 Å². The number of amides is 1. The Balaban J connectivity index is 1.80. The van der Waals surface area contributed by atoms with E-state index >= 15 is 0 Å². The van der Waals surface area contributed by atoms with Gasteiger partial charge in [0.15, 0.2) is 6.61 Å². The second kappa shape index (κ2) is 13.2. The summed E-state index contributed by atoms with van der Waals surface area (Å²) in [5.41, 5.74) is 8.13. The molecule has 0 spiro atoms. The van der Waals surface area contributed by atoms with Crippen molar-refractivity contribution in [2.75, 3.05) is 36.2 Å². The van der Waals surface area contributed by atoms with Crippen LogP contribution in [0.5, 0.6) is 5.88 Å².